The molecule has 104 valence electrons. The highest BCUT2D eigenvalue weighted by Crippen LogP contribution is 2.36. The first-order chi connectivity index (χ1) is 8.79. The lowest BCUT2D eigenvalue weighted by atomic mass is 9.85. The van der Waals surface area contributed by atoms with E-state index < -0.39 is 0 Å². The minimum atomic E-state index is -0.0592. The fourth-order valence-corrected chi connectivity index (χ4v) is 1.80. The van der Waals surface area contributed by atoms with Crippen molar-refractivity contribution in [3.8, 4) is 5.75 Å². The molecule has 0 spiro atoms. The molecule has 1 N–H and O–H groups in total. The maximum absolute atomic E-state index is 10.6. The van der Waals surface area contributed by atoms with Crippen molar-refractivity contribution < 1.29 is 9.53 Å². The van der Waals surface area contributed by atoms with Gasteiger partial charge >= 0.3 is 0 Å². The minimum absolute atomic E-state index is 0.0592. The number of amides is 1. The first-order valence-corrected chi connectivity index (χ1v) is 6.45. The number of anilines is 1. The molecule has 0 aromatic heterocycles. The molecule has 0 bridgehead atoms. The first-order valence-electron chi connectivity index (χ1n) is 6.45. The number of rotatable bonds is 4. The van der Waals surface area contributed by atoms with E-state index in [4.69, 9.17) is 4.74 Å². The second kappa shape index (κ2) is 5.91. The SMILES string of the molecule is CC=C(C)Oc1cc(C)c(NC=O)cc1C(C)(C)C. The van der Waals surface area contributed by atoms with E-state index in [9.17, 15) is 4.79 Å². The standard InChI is InChI=1S/C16H23NO2/c1-7-12(3)19-15-8-11(2)14(17-10-18)9-13(15)16(4,5)6/h7-10H,1-6H3,(H,17,18). The van der Waals surface area contributed by atoms with Crippen molar-refractivity contribution in [3.05, 3.63) is 35.1 Å². The van der Waals surface area contributed by atoms with Crippen molar-refractivity contribution in [1.29, 1.82) is 0 Å². The maximum atomic E-state index is 10.6. The van der Waals surface area contributed by atoms with Gasteiger partial charge in [-0.3, -0.25) is 4.79 Å². The predicted molar refractivity (Wildman–Crippen MR) is 79.6 cm³/mol. The smallest absolute Gasteiger partial charge is 0.211 e. The fourth-order valence-electron chi connectivity index (χ4n) is 1.80. The minimum Gasteiger partial charge on any atom is -0.462 e. The summed E-state index contributed by atoms with van der Waals surface area (Å²) in [6, 6.07) is 3.96. The first kappa shape index (κ1) is 15.3. The molecule has 1 aromatic rings. The number of carbonyl (C=O) groups is 1. The van der Waals surface area contributed by atoms with Gasteiger partial charge in [-0.15, -0.1) is 0 Å². The van der Waals surface area contributed by atoms with Gasteiger partial charge < -0.3 is 10.1 Å². The fraction of sp³-hybridized carbons (Fsp3) is 0.438. The number of hydrogen-bond acceptors (Lipinski definition) is 2. The molecule has 0 saturated heterocycles. The Kier molecular flexibility index (Phi) is 4.76. The summed E-state index contributed by atoms with van der Waals surface area (Å²) < 4.78 is 5.88. The Morgan fingerprint density at radius 3 is 2.42 bits per heavy atom. The molecule has 1 rings (SSSR count). The van der Waals surface area contributed by atoms with Crippen LogP contribution < -0.4 is 10.1 Å². The van der Waals surface area contributed by atoms with Gasteiger partial charge in [-0.2, -0.15) is 0 Å². The van der Waals surface area contributed by atoms with Crippen molar-refractivity contribution in [3.63, 3.8) is 0 Å². The van der Waals surface area contributed by atoms with Crippen LogP contribution in [0.4, 0.5) is 5.69 Å². The van der Waals surface area contributed by atoms with Crippen molar-refractivity contribution in [2.75, 3.05) is 5.32 Å². The summed E-state index contributed by atoms with van der Waals surface area (Å²) in [4.78, 5) is 10.6. The summed E-state index contributed by atoms with van der Waals surface area (Å²) >= 11 is 0. The van der Waals surface area contributed by atoms with Crippen LogP contribution in [0.2, 0.25) is 0 Å². The van der Waals surface area contributed by atoms with Gasteiger partial charge in [0.15, 0.2) is 0 Å². The third-order valence-electron chi connectivity index (χ3n) is 3.03. The van der Waals surface area contributed by atoms with E-state index in [2.05, 4.69) is 26.1 Å². The van der Waals surface area contributed by atoms with Crippen molar-refractivity contribution >= 4 is 12.1 Å². The lowest BCUT2D eigenvalue weighted by Crippen LogP contribution is -2.14. The molecule has 0 aliphatic heterocycles. The number of ether oxygens (including phenoxy) is 1. The number of benzene rings is 1. The third kappa shape index (κ3) is 3.85. The zero-order chi connectivity index (χ0) is 14.6. The Morgan fingerprint density at radius 1 is 1.32 bits per heavy atom. The van der Waals surface area contributed by atoms with Crippen LogP contribution in [0.3, 0.4) is 0 Å². The molecule has 0 aliphatic rings. The number of carbonyl (C=O) groups excluding carboxylic acids is 1. The highest BCUT2D eigenvalue weighted by Gasteiger charge is 2.21. The normalized spacial score (nSPS) is 12.2. The molecule has 3 heteroatoms. The highest BCUT2D eigenvalue weighted by molar-refractivity contribution is 5.75. The van der Waals surface area contributed by atoms with Gasteiger partial charge in [-0.05, 0) is 50.0 Å². The molecule has 1 amide bonds. The number of allylic oxidation sites excluding steroid dienone is 2. The molecule has 0 atom stereocenters. The molecule has 0 saturated carbocycles. The lowest BCUT2D eigenvalue weighted by Gasteiger charge is -2.24. The second-order valence-electron chi connectivity index (χ2n) is 5.68. The third-order valence-corrected chi connectivity index (χ3v) is 3.03. The average molecular weight is 261 g/mol. The van der Waals surface area contributed by atoms with E-state index in [1.54, 1.807) is 0 Å². The molecule has 0 heterocycles. The van der Waals surface area contributed by atoms with E-state index in [1.165, 1.54) is 0 Å². The Bertz CT molecular complexity index is 496. The van der Waals surface area contributed by atoms with Crippen molar-refractivity contribution in [2.45, 2.75) is 47.0 Å². The summed E-state index contributed by atoms with van der Waals surface area (Å²) in [5, 5.41) is 2.73. The van der Waals surface area contributed by atoms with E-state index in [1.807, 2.05) is 39.0 Å². The molecule has 0 aliphatic carbocycles. The van der Waals surface area contributed by atoms with Gasteiger partial charge in [-0.25, -0.2) is 0 Å². The summed E-state index contributed by atoms with van der Waals surface area (Å²) in [6.45, 7) is 12.2. The monoisotopic (exact) mass is 261 g/mol. The van der Waals surface area contributed by atoms with Crippen LogP contribution in [0.1, 0.15) is 45.7 Å². The second-order valence-corrected chi connectivity index (χ2v) is 5.68. The van der Waals surface area contributed by atoms with Crippen LogP contribution >= 0.6 is 0 Å². The maximum Gasteiger partial charge on any atom is 0.211 e. The van der Waals surface area contributed by atoms with E-state index in [0.717, 1.165) is 28.3 Å². The molecule has 0 radical (unpaired) electrons. The average Bonchev–Trinajstić information content (AvgIpc) is 2.31. The zero-order valence-electron chi connectivity index (χ0n) is 12.6. The van der Waals surface area contributed by atoms with Gasteiger partial charge in [0.05, 0.1) is 5.76 Å². The number of nitrogens with one attached hydrogen (secondary N) is 1. The van der Waals surface area contributed by atoms with Crippen LogP contribution in [0.25, 0.3) is 0 Å². The molecular weight excluding hydrogens is 238 g/mol. The summed E-state index contributed by atoms with van der Waals surface area (Å²) in [6.07, 6.45) is 2.63. The van der Waals surface area contributed by atoms with Crippen LogP contribution in [0.5, 0.6) is 5.75 Å². The zero-order valence-corrected chi connectivity index (χ0v) is 12.6. The van der Waals surface area contributed by atoms with E-state index in [0.29, 0.717) is 6.41 Å². The van der Waals surface area contributed by atoms with Gasteiger partial charge in [-0.1, -0.05) is 20.8 Å². The van der Waals surface area contributed by atoms with E-state index >= 15 is 0 Å². The molecule has 19 heavy (non-hydrogen) atoms. The van der Waals surface area contributed by atoms with Crippen molar-refractivity contribution in [2.24, 2.45) is 0 Å². The predicted octanol–water partition coefficient (Wildman–Crippen LogP) is 4.16. The largest absolute Gasteiger partial charge is 0.462 e. The molecule has 3 nitrogen and oxygen atoms in total. The molecule has 0 unspecified atom stereocenters. The summed E-state index contributed by atoms with van der Waals surface area (Å²) in [5.41, 5.74) is 2.82. The van der Waals surface area contributed by atoms with Crippen LogP contribution in [-0.4, -0.2) is 6.41 Å². The van der Waals surface area contributed by atoms with Gasteiger partial charge in [0.25, 0.3) is 0 Å². The quantitative estimate of drug-likeness (QED) is 0.652. The van der Waals surface area contributed by atoms with Gasteiger partial charge in [0.1, 0.15) is 5.75 Å². The Hall–Kier alpha value is -1.77. The van der Waals surface area contributed by atoms with Crippen molar-refractivity contribution in [1.82, 2.24) is 0 Å². The van der Waals surface area contributed by atoms with Crippen LogP contribution in [0.15, 0.2) is 24.0 Å². The highest BCUT2D eigenvalue weighted by atomic mass is 16.5. The summed E-state index contributed by atoms with van der Waals surface area (Å²) in [7, 11) is 0. The summed E-state index contributed by atoms with van der Waals surface area (Å²) in [5.74, 6) is 1.71. The van der Waals surface area contributed by atoms with Crippen LogP contribution in [0, 0.1) is 6.92 Å². The Labute approximate surface area is 115 Å². The lowest BCUT2D eigenvalue weighted by molar-refractivity contribution is -0.105. The Balaban J connectivity index is 3.36. The number of aryl methyl sites for hydroxylation is 1. The van der Waals surface area contributed by atoms with Gasteiger partial charge in [0.2, 0.25) is 6.41 Å². The van der Waals surface area contributed by atoms with Crippen LogP contribution in [-0.2, 0) is 10.2 Å². The Morgan fingerprint density at radius 2 is 1.95 bits per heavy atom. The topological polar surface area (TPSA) is 38.3 Å². The molecule has 1 aromatic carbocycles. The molecule has 0 fully saturated rings. The molecular formula is C16H23NO2. The van der Waals surface area contributed by atoms with E-state index in [-0.39, 0.29) is 5.41 Å². The number of hydrogen-bond donors (Lipinski definition) is 1. The van der Waals surface area contributed by atoms with Gasteiger partial charge in [0, 0.05) is 11.3 Å².